The lowest BCUT2D eigenvalue weighted by atomic mass is 9.75. The average molecular weight is 259 g/mol. The van der Waals surface area contributed by atoms with Crippen molar-refractivity contribution < 1.29 is 4.74 Å². The summed E-state index contributed by atoms with van der Waals surface area (Å²) < 4.78 is 6.26. The molecule has 4 unspecified atom stereocenters. The van der Waals surface area contributed by atoms with E-state index in [1.54, 1.807) is 0 Å². The number of rotatable bonds is 1. The Bertz CT molecular complexity index is 419. The first-order valence-electron chi connectivity index (χ1n) is 7.63. The molecule has 1 saturated carbocycles. The smallest absolute Gasteiger partial charge is 0.0976 e. The van der Waals surface area contributed by atoms with Gasteiger partial charge in [0.1, 0.15) is 0 Å². The summed E-state index contributed by atoms with van der Waals surface area (Å²) in [5.41, 5.74) is 1.53. The van der Waals surface area contributed by atoms with E-state index in [2.05, 4.69) is 49.5 Å². The predicted octanol–water partition coefficient (Wildman–Crippen LogP) is 3.68. The molecule has 4 atom stereocenters. The average Bonchev–Trinajstić information content (AvgIpc) is 2.39. The van der Waals surface area contributed by atoms with Crippen LogP contribution in [0.2, 0.25) is 0 Å². The molecule has 0 amide bonds. The summed E-state index contributed by atoms with van der Waals surface area (Å²) >= 11 is 0. The van der Waals surface area contributed by atoms with E-state index >= 15 is 0 Å². The second kappa shape index (κ2) is 5.26. The van der Waals surface area contributed by atoms with Gasteiger partial charge in [-0.2, -0.15) is 0 Å². The molecule has 0 aromatic heterocycles. The van der Waals surface area contributed by atoms with Crippen molar-refractivity contribution in [3.63, 3.8) is 0 Å². The molecule has 3 rings (SSSR count). The summed E-state index contributed by atoms with van der Waals surface area (Å²) in [5.74, 6) is 0.824. The monoisotopic (exact) mass is 259 g/mol. The molecule has 1 N–H and O–H groups in total. The molecule has 2 nitrogen and oxygen atoms in total. The fraction of sp³-hybridized carbons (Fsp3) is 0.647. The molecule has 1 aliphatic heterocycles. The Labute approximate surface area is 116 Å². The van der Waals surface area contributed by atoms with Gasteiger partial charge in [-0.15, -0.1) is 0 Å². The number of nitrogens with one attached hydrogen (secondary N) is 1. The van der Waals surface area contributed by atoms with Gasteiger partial charge in [0.25, 0.3) is 0 Å². The SMILES string of the molecule is CC1CCCC2(COC(c3ccccc3)C(C)N2)C1. The van der Waals surface area contributed by atoms with E-state index in [-0.39, 0.29) is 11.6 Å². The van der Waals surface area contributed by atoms with Gasteiger partial charge < -0.3 is 10.1 Å². The maximum Gasteiger partial charge on any atom is 0.0976 e. The summed E-state index contributed by atoms with van der Waals surface area (Å²) in [5, 5.41) is 3.89. The van der Waals surface area contributed by atoms with E-state index in [0.717, 1.165) is 12.5 Å². The minimum Gasteiger partial charge on any atom is -0.370 e. The van der Waals surface area contributed by atoms with Crippen LogP contribution in [0.15, 0.2) is 30.3 Å². The lowest BCUT2D eigenvalue weighted by molar-refractivity contribution is -0.0767. The van der Waals surface area contributed by atoms with E-state index in [0.29, 0.717) is 6.04 Å². The van der Waals surface area contributed by atoms with Gasteiger partial charge in [-0.25, -0.2) is 0 Å². The van der Waals surface area contributed by atoms with E-state index in [4.69, 9.17) is 4.74 Å². The summed E-state index contributed by atoms with van der Waals surface area (Å²) in [6.07, 6.45) is 5.44. The molecule has 1 aromatic carbocycles. The van der Waals surface area contributed by atoms with Gasteiger partial charge in [0.2, 0.25) is 0 Å². The Morgan fingerprint density at radius 2 is 2.00 bits per heavy atom. The fourth-order valence-electron chi connectivity index (χ4n) is 3.94. The van der Waals surface area contributed by atoms with Crippen LogP contribution in [0.25, 0.3) is 0 Å². The Kier molecular flexibility index (Phi) is 3.64. The standard InChI is InChI=1S/C17H25NO/c1-13-7-6-10-17(11-13)12-19-16(14(2)18-17)15-8-4-3-5-9-15/h3-5,8-9,13-14,16,18H,6-7,10-12H2,1-2H3. The van der Waals surface area contributed by atoms with Crippen molar-refractivity contribution in [2.45, 2.75) is 57.2 Å². The molecular formula is C17H25NO. The number of hydrogen-bond acceptors (Lipinski definition) is 2. The maximum atomic E-state index is 6.26. The molecule has 1 heterocycles. The van der Waals surface area contributed by atoms with Gasteiger partial charge in [-0.05, 0) is 31.2 Å². The number of morpholine rings is 1. The molecule has 0 radical (unpaired) electrons. The van der Waals surface area contributed by atoms with Crippen LogP contribution < -0.4 is 5.32 Å². The van der Waals surface area contributed by atoms with Gasteiger partial charge in [-0.1, -0.05) is 50.1 Å². The summed E-state index contributed by atoms with van der Waals surface area (Å²) in [6.45, 7) is 5.50. The second-order valence-electron chi connectivity index (χ2n) is 6.56. The molecule has 0 bridgehead atoms. The first-order valence-corrected chi connectivity index (χ1v) is 7.63. The zero-order valence-corrected chi connectivity index (χ0v) is 12.1. The van der Waals surface area contributed by atoms with Crippen molar-refractivity contribution in [3.05, 3.63) is 35.9 Å². The van der Waals surface area contributed by atoms with Crippen LogP contribution in [-0.4, -0.2) is 18.2 Å². The van der Waals surface area contributed by atoms with Gasteiger partial charge in [0.15, 0.2) is 0 Å². The van der Waals surface area contributed by atoms with Crippen molar-refractivity contribution in [1.29, 1.82) is 0 Å². The number of hydrogen-bond donors (Lipinski definition) is 1. The lowest BCUT2D eigenvalue weighted by Crippen LogP contribution is -2.60. The molecule has 2 aliphatic rings. The minimum atomic E-state index is 0.198. The Hall–Kier alpha value is -0.860. The van der Waals surface area contributed by atoms with Gasteiger partial charge in [0, 0.05) is 11.6 Å². The third kappa shape index (κ3) is 2.70. The van der Waals surface area contributed by atoms with Crippen LogP contribution >= 0.6 is 0 Å². The van der Waals surface area contributed by atoms with Crippen LogP contribution in [0.1, 0.15) is 51.2 Å². The molecule has 104 valence electrons. The minimum absolute atomic E-state index is 0.198. The quantitative estimate of drug-likeness (QED) is 0.830. The molecule has 1 aromatic rings. The third-order valence-corrected chi connectivity index (χ3v) is 4.75. The normalized spacial score (nSPS) is 39.4. The summed E-state index contributed by atoms with van der Waals surface area (Å²) in [6, 6.07) is 11.0. The van der Waals surface area contributed by atoms with Crippen LogP contribution in [0.3, 0.4) is 0 Å². The molecule has 1 aliphatic carbocycles. The van der Waals surface area contributed by atoms with Crippen LogP contribution in [-0.2, 0) is 4.74 Å². The Morgan fingerprint density at radius 1 is 1.21 bits per heavy atom. The molecule has 2 fully saturated rings. The summed E-state index contributed by atoms with van der Waals surface area (Å²) in [4.78, 5) is 0. The van der Waals surface area contributed by atoms with Crippen molar-refractivity contribution in [2.24, 2.45) is 5.92 Å². The Balaban J connectivity index is 1.72. The van der Waals surface area contributed by atoms with Crippen LogP contribution in [0, 0.1) is 5.92 Å². The zero-order chi connectivity index (χ0) is 13.3. The van der Waals surface area contributed by atoms with E-state index < -0.39 is 0 Å². The first kappa shape index (κ1) is 13.1. The zero-order valence-electron chi connectivity index (χ0n) is 12.1. The topological polar surface area (TPSA) is 21.3 Å². The predicted molar refractivity (Wildman–Crippen MR) is 78.1 cm³/mol. The lowest BCUT2D eigenvalue weighted by Gasteiger charge is -2.48. The van der Waals surface area contributed by atoms with Gasteiger partial charge >= 0.3 is 0 Å². The number of benzene rings is 1. The van der Waals surface area contributed by atoms with E-state index in [1.165, 1.54) is 31.2 Å². The Morgan fingerprint density at radius 3 is 2.68 bits per heavy atom. The molecule has 1 saturated heterocycles. The second-order valence-corrected chi connectivity index (χ2v) is 6.56. The summed E-state index contributed by atoms with van der Waals surface area (Å²) in [7, 11) is 0. The highest BCUT2D eigenvalue weighted by Crippen LogP contribution is 2.38. The maximum absolute atomic E-state index is 6.26. The highest BCUT2D eigenvalue weighted by atomic mass is 16.5. The highest BCUT2D eigenvalue weighted by Gasteiger charge is 2.42. The van der Waals surface area contributed by atoms with Crippen LogP contribution in [0.5, 0.6) is 0 Å². The van der Waals surface area contributed by atoms with Crippen molar-refractivity contribution in [1.82, 2.24) is 5.32 Å². The molecule has 19 heavy (non-hydrogen) atoms. The first-order chi connectivity index (χ1) is 9.19. The van der Waals surface area contributed by atoms with Gasteiger partial charge in [-0.3, -0.25) is 0 Å². The molecule has 2 heteroatoms. The van der Waals surface area contributed by atoms with Crippen molar-refractivity contribution >= 4 is 0 Å². The van der Waals surface area contributed by atoms with Crippen molar-refractivity contribution in [2.75, 3.05) is 6.61 Å². The molecule has 1 spiro atoms. The van der Waals surface area contributed by atoms with Crippen LogP contribution in [0.4, 0.5) is 0 Å². The third-order valence-electron chi connectivity index (χ3n) is 4.75. The van der Waals surface area contributed by atoms with E-state index in [9.17, 15) is 0 Å². The van der Waals surface area contributed by atoms with Gasteiger partial charge in [0.05, 0.1) is 12.7 Å². The van der Waals surface area contributed by atoms with E-state index in [1.807, 2.05) is 0 Å². The fourth-order valence-corrected chi connectivity index (χ4v) is 3.94. The van der Waals surface area contributed by atoms with Crippen molar-refractivity contribution in [3.8, 4) is 0 Å². The molecular weight excluding hydrogens is 234 g/mol. The largest absolute Gasteiger partial charge is 0.370 e. The number of ether oxygens (including phenoxy) is 1. The highest BCUT2D eigenvalue weighted by molar-refractivity contribution is 5.20.